The molecule has 0 saturated carbocycles. The van der Waals surface area contributed by atoms with Gasteiger partial charge in [0.05, 0.1) is 19.7 Å². The van der Waals surface area contributed by atoms with Crippen molar-refractivity contribution in [3.63, 3.8) is 0 Å². The van der Waals surface area contributed by atoms with Crippen LogP contribution in [0.1, 0.15) is 18.4 Å². The third kappa shape index (κ3) is 4.62. The molecule has 5 rings (SSSR count). The summed E-state index contributed by atoms with van der Waals surface area (Å²) >= 11 is 0. The van der Waals surface area contributed by atoms with Crippen LogP contribution in [0.3, 0.4) is 0 Å². The quantitative estimate of drug-likeness (QED) is 0.572. The molecule has 2 amide bonds. The monoisotopic (exact) mass is 465 g/mol. The molecule has 1 aromatic heterocycles. The summed E-state index contributed by atoms with van der Waals surface area (Å²) in [5.74, 6) is 2.68. The number of rotatable bonds is 6. The number of amides is 2. The molecule has 0 aliphatic carbocycles. The number of hydrogen-bond donors (Lipinski definition) is 2. The van der Waals surface area contributed by atoms with Crippen LogP contribution < -0.4 is 29.6 Å². The van der Waals surface area contributed by atoms with Gasteiger partial charge in [0.25, 0.3) is 5.88 Å². The van der Waals surface area contributed by atoms with Crippen LogP contribution in [0.4, 0.5) is 10.6 Å². The Morgan fingerprint density at radius 3 is 2.71 bits per heavy atom. The number of nitrogens with one attached hydrogen (secondary N) is 2. The Kier molecular flexibility index (Phi) is 6.22. The number of benzene rings is 2. The molecule has 2 aromatic carbocycles. The highest BCUT2D eigenvalue weighted by atomic mass is 16.7. The predicted molar refractivity (Wildman–Crippen MR) is 126 cm³/mol. The van der Waals surface area contributed by atoms with Crippen molar-refractivity contribution in [3.05, 3.63) is 42.0 Å². The van der Waals surface area contributed by atoms with E-state index in [0.717, 1.165) is 44.0 Å². The molecule has 2 N–H and O–H groups in total. The zero-order valence-corrected chi connectivity index (χ0v) is 19.2. The summed E-state index contributed by atoms with van der Waals surface area (Å²) < 4.78 is 21.5. The van der Waals surface area contributed by atoms with E-state index in [1.54, 1.807) is 13.2 Å². The summed E-state index contributed by atoms with van der Waals surface area (Å²) in [6, 6.07) is 11.2. The van der Waals surface area contributed by atoms with Gasteiger partial charge in [0.2, 0.25) is 6.79 Å². The number of likely N-dealkylation sites (tertiary alicyclic amines) is 1. The topological polar surface area (TPSA) is 107 Å². The van der Waals surface area contributed by atoms with E-state index >= 15 is 0 Å². The Hall–Kier alpha value is -3.79. The van der Waals surface area contributed by atoms with Crippen molar-refractivity contribution in [3.8, 4) is 23.1 Å². The molecule has 0 spiro atoms. The molecule has 1 saturated heterocycles. The molecule has 0 radical (unpaired) electrons. The van der Waals surface area contributed by atoms with E-state index in [1.807, 2.05) is 24.3 Å². The van der Waals surface area contributed by atoms with Gasteiger partial charge in [-0.15, -0.1) is 0 Å². The molecular formula is C24H27N5O5. The minimum atomic E-state index is -0.330. The van der Waals surface area contributed by atoms with Crippen molar-refractivity contribution in [2.24, 2.45) is 0 Å². The molecular weight excluding hydrogens is 438 g/mol. The van der Waals surface area contributed by atoms with Gasteiger partial charge in [-0.25, -0.2) is 14.8 Å². The van der Waals surface area contributed by atoms with E-state index in [0.29, 0.717) is 16.8 Å². The third-order valence-electron chi connectivity index (χ3n) is 6.04. The zero-order chi connectivity index (χ0) is 23.5. The van der Waals surface area contributed by atoms with Gasteiger partial charge in [0, 0.05) is 25.7 Å². The van der Waals surface area contributed by atoms with Crippen LogP contribution in [0.5, 0.6) is 23.1 Å². The van der Waals surface area contributed by atoms with Gasteiger partial charge in [0.1, 0.15) is 11.3 Å². The number of hydrogen-bond acceptors (Lipinski definition) is 8. The lowest BCUT2D eigenvalue weighted by Gasteiger charge is -2.32. The number of ether oxygens (including phenoxy) is 4. The maximum atomic E-state index is 12.7. The average Bonchev–Trinajstić information content (AvgIpc) is 3.32. The van der Waals surface area contributed by atoms with Crippen molar-refractivity contribution in [2.75, 3.05) is 39.4 Å². The minimum Gasteiger partial charge on any atom is -0.494 e. The first-order valence-electron chi connectivity index (χ1n) is 11.2. The van der Waals surface area contributed by atoms with Crippen LogP contribution in [0, 0.1) is 0 Å². The van der Waals surface area contributed by atoms with Gasteiger partial charge in [-0.3, -0.25) is 10.2 Å². The molecule has 1 fully saturated rings. The van der Waals surface area contributed by atoms with E-state index < -0.39 is 0 Å². The second-order valence-electron chi connectivity index (χ2n) is 8.25. The lowest BCUT2D eigenvalue weighted by molar-refractivity contribution is 0.173. The Morgan fingerprint density at radius 2 is 1.91 bits per heavy atom. The van der Waals surface area contributed by atoms with Gasteiger partial charge >= 0.3 is 6.03 Å². The van der Waals surface area contributed by atoms with Gasteiger partial charge in [-0.1, -0.05) is 12.1 Å². The fraction of sp³-hybridized carbons (Fsp3) is 0.375. The van der Waals surface area contributed by atoms with Gasteiger partial charge in [-0.05, 0) is 42.7 Å². The number of piperidine rings is 1. The molecule has 10 nitrogen and oxygen atoms in total. The van der Waals surface area contributed by atoms with Crippen molar-refractivity contribution in [1.82, 2.24) is 20.2 Å². The maximum Gasteiger partial charge on any atom is 0.320 e. The lowest BCUT2D eigenvalue weighted by Crippen LogP contribution is -2.45. The normalized spacial score (nSPS) is 15.8. The maximum absolute atomic E-state index is 12.7. The molecule has 0 bridgehead atoms. The number of anilines is 1. The van der Waals surface area contributed by atoms with Crippen LogP contribution in [0.15, 0.2) is 36.4 Å². The number of urea groups is 1. The molecule has 0 unspecified atom stereocenters. The van der Waals surface area contributed by atoms with Crippen LogP contribution in [-0.2, 0) is 6.54 Å². The fourth-order valence-corrected chi connectivity index (χ4v) is 4.29. The van der Waals surface area contributed by atoms with Crippen molar-refractivity contribution >= 4 is 22.9 Å². The SMILES string of the molecule is COc1nc2c(OC)cccc2nc1NC(=O)NC1CCN(Cc2ccc3c(c2)OCO3)CC1. The lowest BCUT2D eigenvalue weighted by atomic mass is 10.0. The number of aromatic nitrogens is 2. The Bertz CT molecular complexity index is 1200. The molecule has 2 aliphatic heterocycles. The number of fused-ring (bicyclic) bond motifs is 2. The Labute approximate surface area is 197 Å². The largest absolute Gasteiger partial charge is 0.494 e. The van der Waals surface area contributed by atoms with E-state index in [1.165, 1.54) is 12.7 Å². The van der Waals surface area contributed by atoms with Crippen molar-refractivity contribution in [2.45, 2.75) is 25.4 Å². The Balaban J connectivity index is 1.16. The van der Waals surface area contributed by atoms with Gasteiger partial charge in [-0.2, -0.15) is 0 Å². The van der Waals surface area contributed by atoms with Gasteiger partial charge < -0.3 is 24.3 Å². The van der Waals surface area contributed by atoms with E-state index in [9.17, 15) is 4.79 Å². The van der Waals surface area contributed by atoms with Gasteiger partial charge in [0.15, 0.2) is 17.3 Å². The molecule has 10 heteroatoms. The molecule has 3 heterocycles. The van der Waals surface area contributed by atoms with E-state index in [-0.39, 0.29) is 30.6 Å². The van der Waals surface area contributed by atoms with Crippen molar-refractivity contribution < 1.29 is 23.7 Å². The highest BCUT2D eigenvalue weighted by Crippen LogP contribution is 2.33. The highest BCUT2D eigenvalue weighted by molar-refractivity contribution is 5.92. The number of methoxy groups -OCH3 is 2. The summed E-state index contributed by atoms with van der Waals surface area (Å²) in [5.41, 5.74) is 2.36. The Morgan fingerprint density at radius 1 is 1.09 bits per heavy atom. The number of carbonyl (C=O) groups excluding carboxylic acids is 1. The van der Waals surface area contributed by atoms with Crippen LogP contribution in [0.2, 0.25) is 0 Å². The fourth-order valence-electron chi connectivity index (χ4n) is 4.29. The molecule has 34 heavy (non-hydrogen) atoms. The smallest absolute Gasteiger partial charge is 0.320 e. The molecule has 0 atom stereocenters. The second kappa shape index (κ2) is 9.60. The van der Waals surface area contributed by atoms with Crippen LogP contribution >= 0.6 is 0 Å². The van der Waals surface area contributed by atoms with E-state index in [2.05, 4.69) is 31.6 Å². The zero-order valence-electron chi connectivity index (χ0n) is 19.2. The number of carbonyl (C=O) groups is 1. The van der Waals surface area contributed by atoms with Crippen LogP contribution in [0.25, 0.3) is 11.0 Å². The van der Waals surface area contributed by atoms with E-state index in [4.69, 9.17) is 18.9 Å². The first-order valence-corrected chi connectivity index (χ1v) is 11.2. The summed E-state index contributed by atoms with van der Waals surface area (Å²) in [4.78, 5) is 24.0. The van der Waals surface area contributed by atoms with Crippen LogP contribution in [-0.4, -0.2) is 61.0 Å². The standard InChI is InChI=1S/C24H27N5O5/c1-31-19-5-3-4-17-21(19)27-23(32-2)22(26-17)28-24(30)25-16-8-10-29(11-9-16)13-15-6-7-18-20(12-15)34-14-33-18/h3-7,12,16H,8-11,13-14H2,1-2H3,(H2,25,26,28,30). The van der Waals surface area contributed by atoms with Crippen molar-refractivity contribution in [1.29, 1.82) is 0 Å². The first-order chi connectivity index (χ1) is 16.6. The molecule has 2 aliphatic rings. The summed E-state index contributed by atoms with van der Waals surface area (Å²) in [6.07, 6.45) is 1.71. The molecule has 3 aromatic rings. The number of para-hydroxylation sites is 1. The summed E-state index contributed by atoms with van der Waals surface area (Å²) in [6.45, 7) is 2.89. The third-order valence-corrected chi connectivity index (χ3v) is 6.04. The highest BCUT2D eigenvalue weighted by Gasteiger charge is 2.23. The second-order valence-corrected chi connectivity index (χ2v) is 8.25. The average molecular weight is 466 g/mol. The predicted octanol–water partition coefficient (Wildman–Crippen LogP) is 3.16. The number of nitrogens with zero attached hydrogens (tertiary/aromatic N) is 3. The molecule has 178 valence electrons. The summed E-state index contributed by atoms with van der Waals surface area (Å²) in [7, 11) is 3.06. The first kappa shape index (κ1) is 22.0. The minimum absolute atomic E-state index is 0.0764. The summed E-state index contributed by atoms with van der Waals surface area (Å²) in [5, 5.41) is 5.83.